The van der Waals surface area contributed by atoms with Crippen LogP contribution < -0.4 is 9.47 Å². The number of carbonyl (C=O) groups is 1. The summed E-state index contributed by atoms with van der Waals surface area (Å²) in [6.45, 7) is 4.19. The molecule has 2 aromatic carbocycles. The number of aromatic nitrogens is 1. The minimum Gasteiger partial charge on any atom is -0.491 e. The van der Waals surface area contributed by atoms with Crippen molar-refractivity contribution in [3.8, 4) is 17.4 Å². The summed E-state index contributed by atoms with van der Waals surface area (Å²) in [7, 11) is 0. The Bertz CT molecular complexity index is 1010. The lowest BCUT2D eigenvalue weighted by molar-refractivity contribution is 0.0617. The molecule has 0 saturated carbocycles. The Morgan fingerprint density at radius 1 is 0.935 bits per heavy atom. The van der Waals surface area contributed by atoms with E-state index in [0.29, 0.717) is 47.7 Å². The number of hydrogen-bond acceptors (Lipinski definition) is 5. The maximum absolute atomic E-state index is 13.1. The van der Waals surface area contributed by atoms with E-state index in [4.69, 9.17) is 21.1 Å². The van der Waals surface area contributed by atoms with Gasteiger partial charge in [-0.1, -0.05) is 41.9 Å². The van der Waals surface area contributed by atoms with Gasteiger partial charge in [0, 0.05) is 38.9 Å². The summed E-state index contributed by atoms with van der Waals surface area (Å²) in [6.07, 6.45) is 1.63. The number of carbonyl (C=O) groups excluding carboxylic acids is 1. The molecule has 0 aliphatic carbocycles. The molecule has 0 N–H and O–H groups in total. The molecule has 1 amide bonds. The van der Waals surface area contributed by atoms with Crippen LogP contribution in [0.4, 0.5) is 0 Å². The zero-order chi connectivity index (χ0) is 21.5. The van der Waals surface area contributed by atoms with Gasteiger partial charge in [-0.3, -0.25) is 9.69 Å². The molecular weight excluding hydrogens is 414 g/mol. The van der Waals surface area contributed by atoms with Crippen molar-refractivity contribution in [3.05, 3.63) is 83.5 Å². The number of benzene rings is 2. The molecule has 1 aliphatic heterocycles. The van der Waals surface area contributed by atoms with Crippen molar-refractivity contribution < 1.29 is 14.3 Å². The lowest BCUT2D eigenvalue weighted by atomic mass is 10.2. The van der Waals surface area contributed by atoms with Gasteiger partial charge in [-0.15, -0.1) is 0 Å². The third-order valence-electron chi connectivity index (χ3n) is 5.12. The number of para-hydroxylation sites is 2. The van der Waals surface area contributed by atoms with Crippen LogP contribution in [0.2, 0.25) is 5.02 Å². The number of amides is 1. The number of rotatable bonds is 7. The molecule has 1 fully saturated rings. The highest BCUT2D eigenvalue weighted by atomic mass is 35.5. The van der Waals surface area contributed by atoms with Crippen LogP contribution in [0, 0.1) is 0 Å². The molecule has 1 aromatic heterocycles. The summed E-state index contributed by atoms with van der Waals surface area (Å²) < 4.78 is 11.6. The van der Waals surface area contributed by atoms with Crippen molar-refractivity contribution in [2.45, 2.75) is 0 Å². The third-order valence-corrected chi connectivity index (χ3v) is 5.43. The predicted molar refractivity (Wildman–Crippen MR) is 120 cm³/mol. The second-order valence-corrected chi connectivity index (χ2v) is 7.59. The summed E-state index contributed by atoms with van der Waals surface area (Å²) >= 11 is 6.12. The molecule has 4 rings (SSSR count). The minimum atomic E-state index is -0.0639. The molecule has 0 radical (unpaired) electrons. The molecule has 7 heteroatoms. The minimum absolute atomic E-state index is 0.0639. The van der Waals surface area contributed by atoms with Gasteiger partial charge in [-0.25, -0.2) is 4.98 Å². The van der Waals surface area contributed by atoms with Crippen molar-refractivity contribution in [3.63, 3.8) is 0 Å². The Morgan fingerprint density at radius 3 is 2.45 bits per heavy atom. The zero-order valence-electron chi connectivity index (χ0n) is 17.1. The van der Waals surface area contributed by atoms with E-state index in [0.717, 1.165) is 19.6 Å². The van der Waals surface area contributed by atoms with Gasteiger partial charge in [-0.2, -0.15) is 0 Å². The van der Waals surface area contributed by atoms with E-state index >= 15 is 0 Å². The average molecular weight is 438 g/mol. The molecule has 0 atom stereocenters. The maximum atomic E-state index is 13.1. The third kappa shape index (κ3) is 5.54. The average Bonchev–Trinajstić information content (AvgIpc) is 2.81. The van der Waals surface area contributed by atoms with Crippen LogP contribution in [0.1, 0.15) is 10.4 Å². The molecule has 0 spiro atoms. The monoisotopic (exact) mass is 437 g/mol. The predicted octanol–water partition coefficient (Wildman–Crippen LogP) is 4.36. The Morgan fingerprint density at radius 2 is 1.68 bits per heavy atom. The first-order chi connectivity index (χ1) is 15.2. The number of halogens is 1. The van der Waals surface area contributed by atoms with Gasteiger partial charge in [0.1, 0.15) is 23.7 Å². The van der Waals surface area contributed by atoms with E-state index in [2.05, 4.69) is 9.88 Å². The largest absolute Gasteiger partial charge is 0.491 e. The first-order valence-electron chi connectivity index (χ1n) is 10.3. The molecular formula is C24H24ClN3O3. The van der Waals surface area contributed by atoms with Crippen molar-refractivity contribution in [1.29, 1.82) is 0 Å². The summed E-state index contributed by atoms with van der Waals surface area (Å²) in [4.78, 5) is 21.5. The van der Waals surface area contributed by atoms with Crippen LogP contribution in [0.3, 0.4) is 0 Å². The van der Waals surface area contributed by atoms with Crippen LogP contribution >= 0.6 is 11.6 Å². The van der Waals surface area contributed by atoms with Gasteiger partial charge in [0.2, 0.25) is 5.88 Å². The number of pyridine rings is 1. The zero-order valence-corrected chi connectivity index (χ0v) is 17.9. The highest BCUT2D eigenvalue weighted by molar-refractivity contribution is 6.32. The number of ether oxygens (including phenoxy) is 2. The van der Waals surface area contributed by atoms with E-state index in [1.165, 1.54) is 0 Å². The Kier molecular flexibility index (Phi) is 7.02. The first kappa shape index (κ1) is 21.2. The number of piperazine rings is 1. The van der Waals surface area contributed by atoms with E-state index in [1.807, 2.05) is 59.5 Å². The fraction of sp³-hybridized carbons (Fsp3) is 0.250. The van der Waals surface area contributed by atoms with Crippen molar-refractivity contribution >= 4 is 17.5 Å². The van der Waals surface area contributed by atoms with Crippen LogP contribution in [-0.4, -0.2) is 60.0 Å². The molecule has 0 bridgehead atoms. The van der Waals surface area contributed by atoms with Crippen molar-refractivity contribution in [2.75, 3.05) is 39.3 Å². The molecule has 2 heterocycles. The van der Waals surface area contributed by atoms with Gasteiger partial charge in [0.05, 0.1) is 5.02 Å². The van der Waals surface area contributed by atoms with E-state index in [1.54, 1.807) is 18.3 Å². The summed E-state index contributed by atoms with van der Waals surface area (Å²) in [5.74, 6) is 1.61. The summed E-state index contributed by atoms with van der Waals surface area (Å²) in [5, 5.41) is 0.614. The second-order valence-electron chi connectivity index (χ2n) is 7.18. The maximum Gasteiger partial charge on any atom is 0.259 e. The summed E-state index contributed by atoms with van der Waals surface area (Å²) in [6, 6.07) is 20.3. The SMILES string of the molecule is O=C(c1cccnc1Oc1ccccc1)N1CCN(CCOc2ccccc2Cl)CC1. The van der Waals surface area contributed by atoms with E-state index in [9.17, 15) is 4.79 Å². The lowest BCUT2D eigenvalue weighted by Crippen LogP contribution is -2.49. The van der Waals surface area contributed by atoms with Gasteiger partial charge in [0.15, 0.2) is 0 Å². The van der Waals surface area contributed by atoms with Gasteiger partial charge >= 0.3 is 0 Å². The van der Waals surface area contributed by atoms with Crippen molar-refractivity contribution in [1.82, 2.24) is 14.8 Å². The normalized spacial score (nSPS) is 14.3. The molecule has 3 aromatic rings. The van der Waals surface area contributed by atoms with Gasteiger partial charge < -0.3 is 14.4 Å². The Labute approximate surface area is 187 Å². The molecule has 31 heavy (non-hydrogen) atoms. The van der Waals surface area contributed by atoms with Crippen LogP contribution in [0.5, 0.6) is 17.4 Å². The Hall–Kier alpha value is -3.09. The standard InChI is InChI=1S/C24H24ClN3O3/c25-21-10-4-5-11-22(21)30-18-17-27-13-15-28(16-14-27)24(29)20-9-6-12-26-23(20)31-19-7-2-1-3-8-19/h1-12H,13-18H2. The number of hydrogen-bond donors (Lipinski definition) is 0. The highest BCUT2D eigenvalue weighted by Crippen LogP contribution is 2.25. The fourth-order valence-electron chi connectivity index (χ4n) is 3.43. The molecule has 0 unspecified atom stereocenters. The smallest absolute Gasteiger partial charge is 0.259 e. The van der Waals surface area contributed by atoms with Gasteiger partial charge in [0.25, 0.3) is 5.91 Å². The molecule has 6 nitrogen and oxygen atoms in total. The highest BCUT2D eigenvalue weighted by Gasteiger charge is 2.25. The molecule has 1 saturated heterocycles. The van der Waals surface area contributed by atoms with E-state index in [-0.39, 0.29) is 5.91 Å². The summed E-state index contributed by atoms with van der Waals surface area (Å²) in [5.41, 5.74) is 0.474. The van der Waals surface area contributed by atoms with Gasteiger partial charge in [-0.05, 0) is 36.4 Å². The lowest BCUT2D eigenvalue weighted by Gasteiger charge is -2.34. The Balaban J connectivity index is 1.30. The van der Waals surface area contributed by atoms with E-state index < -0.39 is 0 Å². The number of nitrogens with zero attached hydrogens (tertiary/aromatic N) is 3. The van der Waals surface area contributed by atoms with Crippen LogP contribution in [0.25, 0.3) is 0 Å². The topological polar surface area (TPSA) is 54.9 Å². The second kappa shape index (κ2) is 10.3. The first-order valence-corrected chi connectivity index (χ1v) is 10.7. The van der Waals surface area contributed by atoms with Crippen molar-refractivity contribution in [2.24, 2.45) is 0 Å². The molecule has 160 valence electrons. The van der Waals surface area contributed by atoms with Crippen LogP contribution in [-0.2, 0) is 0 Å². The molecule has 1 aliphatic rings. The van der Waals surface area contributed by atoms with Crippen LogP contribution in [0.15, 0.2) is 72.9 Å². The fourth-order valence-corrected chi connectivity index (χ4v) is 3.62. The quantitative estimate of drug-likeness (QED) is 0.549.